The molecule has 2 aromatic carbocycles. The summed E-state index contributed by atoms with van der Waals surface area (Å²) in [6.45, 7) is 0.630. The predicted octanol–water partition coefficient (Wildman–Crippen LogP) is 4.84. The van der Waals surface area contributed by atoms with Gasteiger partial charge >= 0.3 is 6.18 Å². The van der Waals surface area contributed by atoms with E-state index in [1.54, 1.807) is 0 Å². The van der Waals surface area contributed by atoms with Crippen molar-refractivity contribution in [3.05, 3.63) is 76.2 Å². The fraction of sp³-hybridized carbons (Fsp3) is 0.308. The normalized spacial score (nSPS) is 13.1. The monoisotopic (exact) mass is 555 g/mol. The van der Waals surface area contributed by atoms with Crippen LogP contribution in [-0.4, -0.2) is 48.5 Å². The van der Waals surface area contributed by atoms with E-state index in [4.69, 9.17) is 26.8 Å². The highest BCUT2D eigenvalue weighted by atomic mass is 35.5. The van der Waals surface area contributed by atoms with Crippen LogP contribution in [0, 0.1) is 5.82 Å². The molecule has 0 aliphatic carbocycles. The van der Waals surface area contributed by atoms with Gasteiger partial charge in [-0.15, -0.1) is 0 Å². The number of aliphatic hydroxyl groups is 1. The number of aliphatic hydroxyl groups excluding tert-OH is 1. The third-order valence-corrected chi connectivity index (χ3v) is 5.77. The number of hydrogen-bond donors (Lipinski definition) is 3. The Hall–Kier alpha value is -3.41. The van der Waals surface area contributed by atoms with Crippen LogP contribution >= 0.6 is 11.6 Å². The largest absolute Gasteiger partial charge is 0.493 e. The Balaban J connectivity index is 1.87. The SMILES string of the molecule is COc1cc(C(=O)NCC(c2cc(CN)cc(-c3ccc(F)c(Cl)c3)n2)C(F)(F)F)ccc1OCC(C)O. The van der Waals surface area contributed by atoms with Crippen LogP contribution in [0.15, 0.2) is 48.5 Å². The average molecular weight is 556 g/mol. The lowest BCUT2D eigenvalue weighted by Gasteiger charge is -2.22. The molecule has 0 radical (unpaired) electrons. The lowest BCUT2D eigenvalue weighted by Crippen LogP contribution is -2.35. The molecule has 0 saturated carbocycles. The molecule has 204 valence electrons. The molecule has 3 aromatic rings. The first-order chi connectivity index (χ1) is 17.9. The van der Waals surface area contributed by atoms with Crippen LogP contribution < -0.4 is 20.5 Å². The zero-order chi connectivity index (χ0) is 28.0. The van der Waals surface area contributed by atoms with Crippen molar-refractivity contribution in [2.24, 2.45) is 5.73 Å². The highest BCUT2D eigenvalue weighted by molar-refractivity contribution is 6.31. The molecule has 0 bridgehead atoms. The number of methoxy groups -OCH3 is 1. The number of alkyl halides is 3. The smallest absolute Gasteiger partial charge is 0.398 e. The fourth-order valence-electron chi connectivity index (χ4n) is 3.53. The molecule has 1 amide bonds. The van der Waals surface area contributed by atoms with Gasteiger partial charge in [-0.05, 0) is 61.0 Å². The number of benzene rings is 2. The van der Waals surface area contributed by atoms with Crippen molar-refractivity contribution in [1.29, 1.82) is 0 Å². The minimum atomic E-state index is -4.76. The van der Waals surface area contributed by atoms with Gasteiger partial charge in [0.1, 0.15) is 18.3 Å². The summed E-state index contributed by atoms with van der Waals surface area (Å²) in [4.78, 5) is 16.9. The molecule has 0 fully saturated rings. The Morgan fingerprint density at radius 2 is 1.89 bits per heavy atom. The van der Waals surface area contributed by atoms with Crippen LogP contribution in [0.5, 0.6) is 11.5 Å². The molecule has 0 aliphatic rings. The van der Waals surface area contributed by atoms with Gasteiger partial charge in [0, 0.05) is 24.2 Å². The van der Waals surface area contributed by atoms with E-state index in [0.29, 0.717) is 11.1 Å². The van der Waals surface area contributed by atoms with Crippen molar-refractivity contribution in [2.45, 2.75) is 31.7 Å². The number of amides is 1. The molecule has 2 atom stereocenters. The van der Waals surface area contributed by atoms with Crippen LogP contribution in [0.4, 0.5) is 17.6 Å². The summed E-state index contributed by atoms with van der Waals surface area (Å²) in [6, 6.07) is 10.5. The second-order valence-electron chi connectivity index (χ2n) is 8.45. The quantitative estimate of drug-likeness (QED) is 0.309. The summed E-state index contributed by atoms with van der Waals surface area (Å²) >= 11 is 5.83. The number of nitrogens with zero attached hydrogens (tertiary/aromatic N) is 1. The number of ether oxygens (including phenoxy) is 2. The summed E-state index contributed by atoms with van der Waals surface area (Å²) in [5.41, 5.74) is 6.18. The molecule has 4 N–H and O–H groups in total. The van der Waals surface area contributed by atoms with E-state index in [9.17, 15) is 27.5 Å². The first-order valence-corrected chi connectivity index (χ1v) is 11.8. The van der Waals surface area contributed by atoms with Gasteiger partial charge in [0.05, 0.1) is 29.6 Å². The highest BCUT2D eigenvalue weighted by Crippen LogP contribution is 2.36. The molecule has 0 saturated heterocycles. The van der Waals surface area contributed by atoms with E-state index in [0.717, 1.165) is 6.07 Å². The van der Waals surface area contributed by atoms with E-state index in [-0.39, 0.29) is 46.6 Å². The number of carbonyl (C=O) groups excluding carboxylic acids is 1. The summed E-state index contributed by atoms with van der Waals surface area (Å²) in [6.07, 6.45) is -5.50. The molecule has 1 aromatic heterocycles. The van der Waals surface area contributed by atoms with E-state index >= 15 is 0 Å². The molecule has 2 unspecified atom stereocenters. The summed E-state index contributed by atoms with van der Waals surface area (Å²) in [5, 5.41) is 11.5. The second kappa shape index (κ2) is 12.4. The van der Waals surface area contributed by atoms with E-state index in [1.807, 2.05) is 0 Å². The Kier molecular flexibility index (Phi) is 9.53. The Morgan fingerprint density at radius 3 is 2.50 bits per heavy atom. The highest BCUT2D eigenvalue weighted by Gasteiger charge is 2.42. The van der Waals surface area contributed by atoms with Gasteiger partial charge in [0.2, 0.25) is 0 Å². The summed E-state index contributed by atoms with van der Waals surface area (Å²) in [5.74, 6) is -3.19. The number of carbonyl (C=O) groups is 1. The maximum Gasteiger partial charge on any atom is 0.398 e. The topological polar surface area (TPSA) is 107 Å². The van der Waals surface area contributed by atoms with Gasteiger partial charge in [0.25, 0.3) is 5.91 Å². The molecular formula is C26H26ClF4N3O4. The Bertz CT molecular complexity index is 1290. The standard InChI is InChI=1S/C26H26ClF4N3O4/c1-14(35)13-38-23-6-4-17(10-24(23)37-2)25(36)33-12-18(26(29,30)31)22-8-15(11-32)7-21(34-22)16-3-5-20(28)19(27)9-16/h3-10,14,18,35H,11-13,32H2,1-2H3,(H,33,36). The second-order valence-corrected chi connectivity index (χ2v) is 8.86. The van der Waals surface area contributed by atoms with Crippen LogP contribution in [-0.2, 0) is 6.54 Å². The van der Waals surface area contributed by atoms with Crippen molar-refractivity contribution >= 4 is 17.5 Å². The molecule has 3 rings (SSSR count). The predicted molar refractivity (Wildman–Crippen MR) is 134 cm³/mol. The number of pyridine rings is 1. The number of rotatable bonds is 10. The number of nitrogens with one attached hydrogen (secondary N) is 1. The number of aromatic nitrogens is 1. The number of hydrogen-bond acceptors (Lipinski definition) is 6. The van der Waals surface area contributed by atoms with Gasteiger partial charge in [0.15, 0.2) is 11.5 Å². The molecule has 1 heterocycles. The zero-order valence-electron chi connectivity index (χ0n) is 20.5. The molecular weight excluding hydrogens is 530 g/mol. The first-order valence-electron chi connectivity index (χ1n) is 11.4. The fourth-order valence-corrected chi connectivity index (χ4v) is 3.71. The third-order valence-electron chi connectivity index (χ3n) is 5.48. The minimum absolute atomic E-state index is 0.0177. The Morgan fingerprint density at radius 1 is 1.16 bits per heavy atom. The lowest BCUT2D eigenvalue weighted by atomic mass is 9.99. The van der Waals surface area contributed by atoms with E-state index < -0.39 is 36.5 Å². The van der Waals surface area contributed by atoms with Gasteiger partial charge in [-0.1, -0.05) is 11.6 Å². The number of nitrogens with two attached hydrogens (primary N) is 1. The van der Waals surface area contributed by atoms with Crippen molar-refractivity contribution in [3.63, 3.8) is 0 Å². The first kappa shape index (κ1) is 29.2. The lowest BCUT2D eigenvalue weighted by molar-refractivity contribution is -0.149. The molecule has 12 heteroatoms. The maximum atomic E-state index is 14.1. The van der Waals surface area contributed by atoms with Gasteiger partial charge in [-0.3, -0.25) is 9.78 Å². The van der Waals surface area contributed by atoms with Crippen LogP contribution in [0.3, 0.4) is 0 Å². The minimum Gasteiger partial charge on any atom is -0.493 e. The van der Waals surface area contributed by atoms with Crippen molar-refractivity contribution < 1.29 is 36.9 Å². The van der Waals surface area contributed by atoms with Crippen LogP contribution in [0.25, 0.3) is 11.3 Å². The summed E-state index contributed by atoms with van der Waals surface area (Å²) in [7, 11) is 1.34. The summed E-state index contributed by atoms with van der Waals surface area (Å²) < 4.78 is 66.5. The van der Waals surface area contributed by atoms with Gasteiger partial charge < -0.3 is 25.6 Å². The van der Waals surface area contributed by atoms with Crippen LogP contribution in [0.1, 0.15) is 34.5 Å². The van der Waals surface area contributed by atoms with Gasteiger partial charge in [-0.2, -0.15) is 13.2 Å². The molecule has 7 nitrogen and oxygen atoms in total. The van der Waals surface area contributed by atoms with E-state index in [1.165, 1.54) is 56.5 Å². The molecule has 0 aliphatic heterocycles. The van der Waals surface area contributed by atoms with Crippen molar-refractivity contribution in [3.8, 4) is 22.8 Å². The Labute approximate surface area is 221 Å². The van der Waals surface area contributed by atoms with Crippen molar-refractivity contribution in [1.82, 2.24) is 10.3 Å². The average Bonchev–Trinajstić information content (AvgIpc) is 2.87. The van der Waals surface area contributed by atoms with Gasteiger partial charge in [-0.25, -0.2) is 4.39 Å². The number of halogens is 5. The van der Waals surface area contributed by atoms with Crippen LogP contribution in [0.2, 0.25) is 5.02 Å². The van der Waals surface area contributed by atoms with Crippen molar-refractivity contribution in [2.75, 3.05) is 20.3 Å². The van der Waals surface area contributed by atoms with E-state index in [2.05, 4.69) is 10.3 Å². The third kappa shape index (κ3) is 7.33. The zero-order valence-corrected chi connectivity index (χ0v) is 21.2. The maximum absolute atomic E-state index is 14.1. The molecule has 0 spiro atoms. The molecule has 38 heavy (non-hydrogen) atoms.